The molecule has 4 heterocycles. The molecule has 3 N–H and O–H groups in total. The molecule has 0 atom stereocenters. The van der Waals surface area contributed by atoms with Crippen molar-refractivity contribution in [3.63, 3.8) is 0 Å². The molecule has 32 heavy (non-hydrogen) atoms. The van der Waals surface area contributed by atoms with Crippen LogP contribution in [0.5, 0.6) is 0 Å². The van der Waals surface area contributed by atoms with Crippen molar-refractivity contribution in [3.8, 4) is 11.3 Å². The smallest absolute Gasteiger partial charge is 0.154 e. The zero-order valence-electron chi connectivity index (χ0n) is 18.2. The van der Waals surface area contributed by atoms with Crippen molar-refractivity contribution >= 4 is 34.7 Å². The van der Waals surface area contributed by atoms with Gasteiger partial charge in [-0.05, 0) is 18.2 Å². The third kappa shape index (κ3) is 5.64. The second-order valence-corrected chi connectivity index (χ2v) is 8.05. The molecule has 2 saturated heterocycles. The second-order valence-electron chi connectivity index (χ2n) is 7.32. The molecule has 0 aliphatic carbocycles. The highest BCUT2D eigenvalue weighted by Crippen LogP contribution is 2.27. The number of pyridine rings is 1. The van der Waals surface area contributed by atoms with Gasteiger partial charge >= 0.3 is 0 Å². The van der Waals surface area contributed by atoms with Gasteiger partial charge in [-0.15, -0.1) is 0 Å². The second kappa shape index (κ2) is 11.4. The maximum Gasteiger partial charge on any atom is 0.154 e. The fourth-order valence-electron chi connectivity index (χ4n) is 3.61. The standard InChI is InChI=1S/C18H19N5O.C4H10N2OS/c1-19-18-17-16(20-6-7-21-17)12-15(22-18)13-2-4-14(5-3-13)23-8-10-24-11-9-23;5-8-6-1-3-7-4-2-6/h2-7,12H,8-11H2,1H3,(H,19,22);1-5H2. The minimum absolute atomic E-state index is 0.743. The fraction of sp³-hybridized carbons (Fsp3) is 0.409. The molecule has 2 aliphatic rings. The quantitative estimate of drug-likeness (QED) is 0.570. The summed E-state index contributed by atoms with van der Waals surface area (Å²) >= 11 is 1.30. The van der Waals surface area contributed by atoms with Gasteiger partial charge in [0.2, 0.25) is 0 Å². The molecule has 2 aliphatic heterocycles. The average molecular weight is 456 g/mol. The molecule has 3 aromatic rings. The van der Waals surface area contributed by atoms with Gasteiger partial charge in [0.15, 0.2) is 5.82 Å². The van der Waals surface area contributed by atoms with Gasteiger partial charge in [-0.1, -0.05) is 12.1 Å². The highest BCUT2D eigenvalue weighted by Gasteiger charge is 2.12. The Labute approximate surface area is 192 Å². The van der Waals surface area contributed by atoms with Crippen LogP contribution in [0.25, 0.3) is 22.3 Å². The highest BCUT2D eigenvalue weighted by atomic mass is 32.2. The van der Waals surface area contributed by atoms with Gasteiger partial charge in [-0.25, -0.2) is 14.3 Å². The van der Waals surface area contributed by atoms with Crippen LogP contribution in [-0.4, -0.2) is 78.9 Å². The topological polar surface area (TPSA) is 102 Å². The monoisotopic (exact) mass is 455 g/mol. The van der Waals surface area contributed by atoms with Crippen LogP contribution in [0, 0.1) is 0 Å². The van der Waals surface area contributed by atoms with Crippen LogP contribution in [0.3, 0.4) is 0 Å². The van der Waals surface area contributed by atoms with Crippen molar-refractivity contribution in [1.82, 2.24) is 19.3 Å². The fourth-order valence-corrected chi connectivity index (χ4v) is 3.97. The predicted octanol–water partition coefficient (Wildman–Crippen LogP) is 2.41. The maximum absolute atomic E-state index is 5.41. The summed E-state index contributed by atoms with van der Waals surface area (Å²) in [5.41, 5.74) is 4.80. The van der Waals surface area contributed by atoms with Crippen LogP contribution >= 0.6 is 12.1 Å². The Morgan fingerprint density at radius 2 is 1.59 bits per heavy atom. The Morgan fingerprint density at radius 3 is 2.22 bits per heavy atom. The lowest BCUT2D eigenvalue weighted by molar-refractivity contribution is 0.0773. The number of ether oxygens (including phenoxy) is 2. The minimum atomic E-state index is 0.743. The molecule has 0 spiro atoms. The number of nitrogens with two attached hydrogens (primary N) is 1. The van der Waals surface area contributed by atoms with Gasteiger partial charge in [-0.3, -0.25) is 10.1 Å². The number of hydrogen-bond donors (Lipinski definition) is 2. The van der Waals surface area contributed by atoms with Gasteiger partial charge in [0.25, 0.3) is 0 Å². The molecule has 10 heteroatoms. The van der Waals surface area contributed by atoms with Gasteiger partial charge in [-0.2, -0.15) is 0 Å². The van der Waals surface area contributed by atoms with E-state index < -0.39 is 0 Å². The van der Waals surface area contributed by atoms with E-state index in [1.54, 1.807) is 12.4 Å². The summed E-state index contributed by atoms with van der Waals surface area (Å²) in [6.07, 6.45) is 3.38. The Kier molecular flexibility index (Phi) is 8.07. The van der Waals surface area contributed by atoms with Gasteiger partial charge < -0.3 is 19.7 Å². The maximum atomic E-state index is 5.41. The zero-order chi connectivity index (χ0) is 22.2. The summed E-state index contributed by atoms with van der Waals surface area (Å²) in [5, 5.41) is 8.40. The first-order valence-corrected chi connectivity index (χ1v) is 11.5. The summed E-state index contributed by atoms with van der Waals surface area (Å²) in [7, 11) is 1.85. The van der Waals surface area contributed by atoms with E-state index in [1.807, 2.05) is 13.1 Å². The number of anilines is 2. The Balaban J connectivity index is 0.000000260. The molecule has 1 aromatic carbocycles. The molecule has 2 aromatic heterocycles. The average Bonchev–Trinajstić information content (AvgIpc) is 2.89. The van der Waals surface area contributed by atoms with Crippen LogP contribution in [0.2, 0.25) is 0 Å². The van der Waals surface area contributed by atoms with Crippen molar-refractivity contribution in [1.29, 1.82) is 0 Å². The molecule has 5 rings (SSSR count). The Hall–Kier alpha value is -2.50. The third-order valence-corrected chi connectivity index (χ3v) is 6.02. The van der Waals surface area contributed by atoms with E-state index in [0.717, 1.165) is 80.7 Å². The van der Waals surface area contributed by atoms with E-state index in [4.69, 9.17) is 14.6 Å². The lowest BCUT2D eigenvalue weighted by Crippen LogP contribution is -2.36. The normalized spacial score (nSPS) is 17.0. The molecule has 0 amide bonds. The Morgan fingerprint density at radius 1 is 0.938 bits per heavy atom. The molecule has 9 nitrogen and oxygen atoms in total. The lowest BCUT2D eigenvalue weighted by Gasteiger charge is -2.28. The summed E-state index contributed by atoms with van der Waals surface area (Å²) in [4.78, 5) is 15.8. The van der Waals surface area contributed by atoms with Gasteiger partial charge in [0.1, 0.15) is 5.52 Å². The summed E-state index contributed by atoms with van der Waals surface area (Å²) in [6, 6.07) is 10.5. The first-order valence-electron chi connectivity index (χ1n) is 10.7. The van der Waals surface area contributed by atoms with E-state index >= 15 is 0 Å². The van der Waals surface area contributed by atoms with Gasteiger partial charge in [0, 0.05) is 69.0 Å². The van der Waals surface area contributed by atoms with E-state index in [1.165, 1.54) is 17.8 Å². The first kappa shape index (κ1) is 22.7. The molecular weight excluding hydrogens is 426 g/mol. The molecule has 0 saturated carbocycles. The molecular formula is C22H29N7O2S. The third-order valence-electron chi connectivity index (χ3n) is 5.35. The van der Waals surface area contributed by atoms with Crippen molar-refractivity contribution in [3.05, 3.63) is 42.7 Å². The van der Waals surface area contributed by atoms with Crippen LogP contribution in [-0.2, 0) is 9.47 Å². The summed E-state index contributed by atoms with van der Waals surface area (Å²) in [5.74, 6) is 0.743. The van der Waals surface area contributed by atoms with Gasteiger partial charge in [0.05, 0.1) is 37.6 Å². The van der Waals surface area contributed by atoms with E-state index in [0.29, 0.717) is 0 Å². The van der Waals surface area contributed by atoms with Crippen molar-refractivity contribution in [2.75, 3.05) is 69.9 Å². The molecule has 2 fully saturated rings. The molecule has 170 valence electrons. The number of nitrogens with zero attached hydrogens (tertiary/aromatic N) is 5. The molecule has 0 bridgehead atoms. The number of fused-ring (bicyclic) bond motifs is 1. The number of nitrogens with one attached hydrogen (secondary N) is 1. The van der Waals surface area contributed by atoms with Crippen LogP contribution in [0.1, 0.15) is 0 Å². The molecule has 0 unspecified atom stereocenters. The number of hydrogen-bond acceptors (Lipinski definition) is 10. The first-order chi connectivity index (χ1) is 15.8. The number of morpholine rings is 2. The van der Waals surface area contributed by atoms with Crippen molar-refractivity contribution in [2.24, 2.45) is 5.14 Å². The van der Waals surface area contributed by atoms with Crippen LogP contribution in [0.4, 0.5) is 11.5 Å². The van der Waals surface area contributed by atoms with E-state index in [2.05, 4.69) is 53.7 Å². The zero-order valence-corrected chi connectivity index (χ0v) is 19.1. The van der Waals surface area contributed by atoms with E-state index in [9.17, 15) is 0 Å². The predicted molar refractivity (Wildman–Crippen MR) is 130 cm³/mol. The Bertz CT molecular complexity index is 993. The minimum Gasteiger partial charge on any atom is -0.379 e. The largest absolute Gasteiger partial charge is 0.379 e. The number of aromatic nitrogens is 3. The SMILES string of the molecule is CNc1nc(-c2ccc(N3CCOCC3)cc2)cc2nccnc12.NSN1CCOCC1. The summed E-state index contributed by atoms with van der Waals surface area (Å²) < 4.78 is 12.6. The highest BCUT2D eigenvalue weighted by molar-refractivity contribution is 7.94. The van der Waals surface area contributed by atoms with Crippen LogP contribution in [0.15, 0.2) is 42.7 Å². The molecule has 0 radical (unpaired) electrons. The number of benzene rings is 1. The van der Waals surface area contributed by atoms with Crippen molar-refractivity contribution < 1.29 is 9.47 Å². The van der Waals surface area contributed by atoms with Crippen LogP contribution < -0.4 is 15.4 Å². The summed E-state index contributed by atoms with van der Waals surface area (Å²) in [6.45, 7) is 7.02. The lowest BCUT2D eigenvalue weighted by atomic mass is 10.1. The van der Waals surface area contributed by atoms with Crippen molar-refractivity contribution in [2.45, 2.75) is 0 Å². The van der Waals surface area contributed by atoms with E-state index in [-0.39, 0.29) is 0 Å². The number of rotatable bonds is 4.